The van der Waals surface area contributed by atoms with Gasteiger partial charge >= 0.3 is 0 Å². The van der Waals surface area contributed by atoms with Crippen LogP contribution in [0.1, 0.15) is 38.7 Å². The SMILES string of the molecule is Cc1ccc(S(=O)(=O)N2C[C@@H](C)[C@H]3CC[C@H](C)[C@@H]2C3)cc1. The van der Waals surface area contributed by atoms with E-state index in [1.165, 1.54) is 6.42 Å². The molecule has 1 saturated heterocycles. The van der Waals surface area contributed by atoms with Gasteiger partial charge in [0.15, 0.2) is 0 Å². The molecule has 2 bridgehead atoms. The smallest absolute Gasteiger partial charge is 0.207 e. The molecule has 0 aromatic heterocycles. The van der Waals surface area contributed by atoms with Crippen LogP contribution in [0.2, 0.25) is 0 Å². The minimum atomic E-state index is -3.36. The van der Waals surface area contributed by atoms with Gasteiger partial charge in [-0.3, -0.25) is 0 Å². The van der Waals surface area contributed by atoms with E-state index in [0.29, 0.717) is 29.2 Å². The average molecular weight is 307 g/mol. The monoisotopic (exact) mass is 307 g/mol. The predicted molar refractivity (Wildman–Crippen MR) is 84.5 cm³/mol. The van der Waals surface area contributed by atoms with Crippen molar-refractivity contribution in [2.24, 2.45) is 17.8 Å². The lowest BCUT2D eigenvalue weighted by Gasteiger charge is -2.48. The molecule has 4 atom stereocenters. The lowest BCUT2D eigenvalue weighted by Crippen LogP contribution is -2.54. The van der Waals surface area contributed by atoms with Crippen LogP contribution >= 0.6 is 0 Å². The van der Waals surface area contributed by atoms with Gasteiger partial charge in [0.2, 0.25) is 10.0 Å². The highest BCUT2D eigenvalue weighted by Gasteiger charge is 2.44. The van der Waals surface area contributed by atoms with E-state index < -0.39 is 10.0 Å². The molecule has 3 nitrogen and oxygen atoms in total. The number of fused-ring (bicyclic) bond motifs is 2. The van der Waals surface area contributed by atoms with Gasteiger partial charge in [0.25, 0.3) is 0 Å². The highest BCUT2D eigenvalue weighted by molar-refractivity contribution is 7.89. The summed E-state index contributed by atoms with van der Waals surface area (Å²) in [6.45, 7) is 7.06. The summed E-state index contributed by atoms with van der Waals surface area (Å²) < 4.78 is 27.8. The number of piperidine rings is 1. The molecule has 0 amide bonds. The number of sulfonamides is 1. The third-order valence-electron chi connectivity index (χ3n) is 5.46. The van der Waals surface area contributed by atoms with E-state index >= 15 is 0 Å². The van der Waals surface area contributed by atoms with Crippen molar-refractivity contribution in [3.8, 4) is 0 Å². The van der Waals surface area contributed by atoms with Crippen LogP contribution < -0.4 is 0 Å². The van der Waals surface area contributed by atoms with Crippen LogP contribution in [0.3, 0.4) is 0 Å². The molecule has 0 radical (unpaired) electrons. The summed E-state index contributed by atoms with van der Waals surface area (Å²) in [5.74, 6) is 1.64. The summed E-state index contributed by atoms with van der Waals surface area (Å²) in [4.78, 5) is 0.441. The molecule has 1 aliphatic heterocycles. The molecule has 21 heavy (non-hydrogen) atoms. The zero-order valence-corrected chi connectivity index (χ0v) is 13.9. The van der Waals surface area contributed by atoms with Crippen molar-refractivity contribution in [2.75, 3.05) is 6.54 Å². The Morgan fingerprint density at radius 2 is 1.71 bits per heavy atom. The molecule has 1 aliphatic carbocycles. The number of rotatable bonds is 2. The molecular formula is C17H25NO2S. The minimum absolute atomic E-state index is 0.186. The van der Waals surface area contributed by atoms with Gasteiger partial charge in [-0.05, 0) is 56.1 Å². The van der Waals surface area contributed by atoms with Crippen LogP contribution in [0.15, 0.2) is 29.2 Å². The Kier molecular flexibility index (Phi) is 3.87. The second kappa shape index (κ2) is 5.40. The number of aryl methyl sites for hydroxylation is 1. The molecule has 0 spiro atoms. The quantitative estimate of drug-likeness (QED) is 0.839. The molecule has 0 N–H and O–H groups in total. The van der Waals surface area contributed by atoms with E-state index in [4.69, 9.17) is 0 Å². The fourth-order valence-corrected chi connectivity index (χ4v) is 5.77. The minimum Gasteiger partial charge on any atom is -0.207 e. The first-order valence-corrected chi connectivity index (χ1v) is 9.42. The Bertz CT molecular complexity index is 608. The predicted octanol–water partition coefficient (Wildman–Crippen LogP) is 3.44. The highest BCUT2D eigenvalue weighted by atomic mass is 32.2. The van der Waals surface area contributed by atoms with Crippen LogP contribution in [0.25, 0.3) is 0 Å². The maximum Gasteiger partial charge on any atom is 0.243 e. The first-order chi connectivity index (χ1) is 9.89. The van der Waals surface area contributed by atoms with Crippen molar-refractivity contribution in [1.82, 2.24) is 4.31 Å². The van der Waals surface area contributed by atoms with E-state index in [0.717, 1.165) is 18.4 Å². The zero-order valence-electron chi connectivity index (χ0n) is 13.1. The largest absolute Gasteiger partial charge is 0.243 e. The lowest BCUT2D eigenvalue weighted by molar-refractivity contribution is 0.0569. The van der Waals surface area contributed by atoms with Gasteiger partial charge in [-0.2, -0.15) is 4.31 Å². The van der Waals surface area contributed by atoms with Crippen LogP contribution in [0, 0.1) is 24.7 Å². The number of hydrogen-bond donors (Lipinski definition) is 0. The summed E-state index contributed by atoms with van der Waals surface area (Å²) in [5, 5.41) is 0. The van der Waals surface area contributed by atoms with E-state index in [-0.39, 0.29) is 6.04 Å². The number of nitrogens with zero attached hydrogens (tertiary/aromatic N) is 1. The molecule has 3 rings (SSSR count). The highest BCUT2D eigenvalue weighted by Crippen LogP contribution is 2.42. The van der Waals surface area contributed by atoms with Crippen molar-refractivity contribution >= 4 is 10.0 Å². The van der Waals surface area contributed by atoms with Gasteiger partial charge in [-0.15, -0.1) is 0 Å². The maximum atomic E-state index is 13.0. The van der Waals surface area contributed by atoms with Crippen molar-refractivity contribution < 1.29 is 8.42 Å². The van der Waals surface area contributed by atoms with Crippen molar-refractivity contribution in [1.29, 1.82) is 0 Å². The van der Waals surface area contributed by atoms with Gasteiger partial charge in [0.1, 0.15) is 0 Å². The van der Waals surface area contributed by atoms with Crippen molar-refractivity contribution in [2.45, 2.75) is 51.0 Å². The lowest BCUT2D eigenvalue weighted by atomic mass is 9.71. The fraction of sp³-hybridized carbons (Fsp3) is 0.647. The zero-order chi connectivity index (χ0) is 15.2. The molecule has 1 heterocycles. The average Bonchev–Trinajstić information content (AvgIpc) is 2.45. The Morgan fingerprint density at radius 1 is 1.05 bits per heavy atom. The van der Waals surface area contributed by atoms with Crippen LogP contribution in [-0.4, -0.2) is 25.3 Å². The molecule has 1 aromatic carbocycles. The molecule has 116 valence electrons. The Hall–Kier alpha value is -0.870. The Morgan fingerprint density at radius 3 is 2.38 bits per heavy atom. The first-order valence-electron chi connectivity index (χ1n) is 7.98. The van der Waals surface area contributed by atoms with Gasteiger partial charge in [0, 0.05) is 12.6 Å². The normalized spacial score (nSPS) is 33.9. The molecular weight excluding hydrogens is 282 g/mol. The summed E-state index contributed by atoms with van der Waals surface area (Å²) in [6.07, 6.45) is 3.45. The molecule has 2 aliphatic rings. The second-order valence-corrected chi connectivity index (χ2v) is 8.87. The van der Waals surface area contributed by atoms with Crippen LogP contribution in [-0.2, 0) is 10.0 Å². The maximum absolute atomic E-state index is 13.0. The van der Waals surface area contributed by atoms with Crippen LogP contribution in [0.5, 0.6) is 0 Å². The summed E-state index contributed by atoms with van der Waals surface area (Å²) >= 11 is 0. The molecule has 0 unspecified atom stereocenters. The van der Waals surface area contributed by atoms with Gasteiger partial charge in [-0.1, -0.05) is 31.5 Å². The second-order valence-electron chi connectivity index (χ2n) is 6.98. The van der Waals surface area contributed by atoms with Crippen molar-refractivity contribution in [3.05, 3.63) is 29.8 Å². The molecule has 4 heteroatoms. The van der Waals surface area contributed by atoms with E-state index in [1.807, 2.05) is 19.1 Å². The number of benzene rings is 1. The standard InChI is InChI=1S/C17H25NO2S/c1-12-4-8-16(9-5-12)21(19,20)18-11-14(3)15-7-6-13(2)17(18)10-15/h4-5,8-9,13-15,17H,6-7,10-11H2,1-3H3/t13-,14+,15-,17-/m0/s1. The third-order valence-corrected chi connectivity index (χ3v) is 7.37. The van der Waals surface area contributed by atoms with E-state index in [9.17, 15) is 8.42 Å². The summed E-state index contributed by atoms with van der Waals surface area (Å²) in [7, 11) is -3.36. The van der Waals surface area contributed by atoms with Crippen LogP contribution in [0.4, 0.5) is 0 Å². The Balaban J connectivity index is 1.95. The first kappa shape index (κ1) is 15.0. The van der Waals surface area contributed by atoms with Gasteiger partial charge in [-0.25, -0.2) is 8.42 Å². The summed E-state index contributed by atoms with van der Waals surface area (Å²) in [5.41, 5.74) is 1.09. The summed E-state index contributed by atoms with van der Waals surface area (Å²) in [6, 6.07) is 7.44. The molecule has 2 fully saturated rings. The molecule has 1 saturated carbocycles. The third kappa shape index (κ3) is 2.64. The fourth-order valence-electron chi connectivity index (χ4n) is 3.94. The number of hydrogen-bond acceptors (Lipinski definition) is 2. The topological polar surface area (TPSA) is 37.4 Å². The van der Waals surface area contributed by atoms with E-state index in [1.54, 1.807) is 16.4 Å². The Labute approximate surface area is 128 Å². The molecule has 1 aromatic rings. The van der Waals surface area contributed by atoms with E-state index in [2.05, 4.69) is 13.8 Å². The van der Waals surface area contributed by atoms with Gasteiger partial charge in [0.05, 0.1) is 4.90 Å². The van der Waals surface area contributed by atoms with Gasteiger partial charge < -0.3 is 0 Å². The van der Waals surface area contributed by atoms with Crippen molar-refractivity contribution in [3.63, 3.8) is 0 Å².